The van der Waals surface area contributed by atoms with E-state index < -0.39 is 0 Å². The summed E-state index contributed by atoms with van der Waals surface area (Å²) in [6.07, 6.45) is 9.23. The summed E-state index contributed by atoms with van der Waals surface area (Å²) in [6.45, 7) is 1.80. The lowest BCUT2D eigenvalue weighted by atomic mass is 9.72. The van der Waals surface area contributed by atoms with E-state index in [1.165, 1.54) is 17.4 Å². The molecule has 2 saturated carbocycles. The summed E-state index contributed by atoms with van der Waals surface area (Å²) < 4.78 is 1.48. The highest BCUT2D eigenvalue weighted by atomic mass is 16.1. The van der Waals surface area contributed by atoms with Crippen molar-refractivity contribution in [3.8, 4) is 0 Å². The summed E-state index contributed by atoms with van der Waals surface area (Å²) in [5.74, 6) is 2.26. The first kappa shape index (κ1) is 12.4. The predicted molar refractivity (Wildman–Crippen MR) is 76.4 cm³/mol. The van der Waals surface area contributed by atoms with Gasteiger partial charge in [0.25, 0.3) is 5.56 Å². The molecule has 0 aromatic carbocycles. The minimum Gasteiger partial charge on any atom is -0.352 e. The third-order valence-corrected chi connectivity index (χ3v) is 5.81. The fraction of sp³-hybridized carbons (Fsp3) is 0.733. The molecule has 5 nitrogen and oxygen atoms in total. The Kier molecular flexibility index (Phi) is 2.52. The van der Waals surface area contributed by atoms with Crippen LogP contribution in [0.2, 0.25) is 0 Å². The van der Waals surface area contributed by atoms with Gasteiger partial charge >= 0.3 is 0 Å². The van der Waals surface area contributed by atoms with Crippen LogP contribution in [0.15, 0.2) is 11.0 Å². The molecule has 2 aliphatic carbocycles. The molecule has 2 heterocycles. The second kappa shape index (κ2) is 4.07. The highest BCUT2D eigenvalue weighted by molar-refractivity contribution is 5.36. The Morgan fingerprint density at radius 2 is 2.20 bits per heavy atom. The van der Waals surface area contributed by atoms with Crippen LogP contribution in [-0.2, 0) is 7.05 Å². The van der Waals surface area contributed by atoms with Crippen molar-refractivity contribution in [3.63, 3.8) is 0 Å². The topological polar surface area (TPSA) is 64.2 Å². The van der Waals surface area contributed by atoms with Crippen LogP contribution in [0, 0.1) is 23.4 Å². The van der Waals surface area contributed by atoms with Gasteiger partial charge < -0.3 is 15.2 Å². The van der Waals surface area contributed by atoms with Crippen molar-refractivity contribution in [2.45, 2.75) is 31.7 Å². The normalized spacial score (nSPS) is 34.3. The number of aryl methyl sites for hydroxylation is 1. The summed E-state index contributed by atoms with van der Waals surface area (Å²) in [5, 5.41) is 0. The van der Waals surface area contributed by atoms with Crippen molar-refractivity contribution in [2.75, 3.05) is 18.0 Å². The van der Waals surface area contributed by atoms with Gasteiger partial charge in [-0.15, -0.1) is 0 Å². The number of fused-ring (bicyclic) bond motifs is 1. The van der Waals surface area contributed by atoms with E-state index in [0.717, 1.165) is 37.8 Å². The molecule has 2 N–H and O–H groups in total. The first-order valence-electron chi connectivity index (χ1n) is 7.55. The van der Waals surface area contributed by atoms with E-state index in [1.54, 1.807) is 13.2 Å². The Morgan fingerprint density at radius 1 is 1.45 bits per heavy atom. The smallest absolute Gasteiger partial charge is 0.293 e. The predicted octanol–water partition coefficient (Wildman–Crippen LogP) is 0.534. The van der Waals surface area contributed by atoms with E-state index in [1.807, 2.05) is 0 Å². The third kappa shape index (κ3) is 1.65. The van der Waals surface area contributed by atoms with Gasteiger partial charge in [0.1, 0.15) is 0 Å². The van der Waals surface area contributed by atoms with Gasteiger partial charge in [-0.2, -0.15) is 0 Å². The molecular formula is C15H21N4O. The second-order valence-corrected chi connectivity index (χ2v) is 6.81. The number of nitrogens with zero attached hydrogens (tertiary/aromatic N) is 3. The lowest BCUT2D eigenvalue weighted by Gasteiger charge is -2.43. The zero-order valence-electron chi connectivity index (χ0n) is 11.9. The number of rotatable bonds is 1. The minimum atomic E-state index is -0.0537. The first-order valence-corrected chi connectivity index (χ1v) is 7.55. The average molecular weight is 273 g/mol. The number of hydrogen-bond donors (Lipinski definition) is 1. The van der Waals surface area contributed by atoms with Crippen molar-refractivity contribution in [1.82, 2.24) is 9.55 Å². The van der Waals surface area contributed by atoms with Gasteiger partial charge in [0, 0.05) is 26.2 Å². The van der Waals surface area contributed by atoms with E-state index in [0.29, 0.717) is 17.3 Å². The summed E-state index contributed by atoms with van der Waals surface area (Å²) in [4.78, 5) is 18.5. The second-order valence-electron chi connectivity index (χ2n) is 6.81. The Bertz CT molecular complexity index is 588. The van der Waals surface area contributed by atoms with Gasteiger partial charge in [-0.05, 0) is 42.9 Å². The van der Waals surface area contributed by atoms with Gasteiger partial charge in [0.2, 0.25) is 0 Å². The molecule has 4 rings (SSSR count). The molecule has 1 aromatic rings. The summed E-state index contributed by atoms with van der Waals surface area (Å²) >= 11 is 0. The van der Waals surface area contributed by atoms with Crippen LogP contribution in [0.5, 0.6) is 0 Å². The maximum atomic E-state index is 12.1. The number of piperidine rings is 1. The summed E-state index contributed by atoms with van der Waals surface area (Å²) in [7, 11) is 1.72. The molecule has 1 saturated heterocycles. The maximum absolute atomic E-state index is 12.1. The van der Waals surface area contributed by atoms with Crippen LogP contribution in [-0.4, -0.2) is 28.7 Å². The molecule has 3 atom stereocenters. The van der Waals surface area contributed by atoms with Gasteiger partial charge in [-0.25, -0.2) is 4.98 Å². The molecule has 1 radical (unpaired) electrons. The van der Waals surface area contributed by atoms with Crippen LogP contribution in [0.25, 0.3) is 0 Å². The highest BCUT2D eigenvalue weighted by Crippen LogP contribution is 2.62. The molecule has 3 fully saturated rings. The largest absolute Gasteiger partial charge is 0.352 e. The third-order valence-electron chi connectivity index (χ3n) is 5.81. The van der Waals surface area contributed by atoms with E-state index in [-0.39, 0.29) is 5.56 Å². The molecule has 0 bridgehead atoms. The molecular weight excluding hydrogens is 252 g/mol. The van der Waals surface area contributed by atoms with Gasteiger partial charge in [0.05, 0.1) is 12.4 Å². The maximum Gasteiger partial charge on any atom is 0.293 e. The zero-order chi connectivity index (χ0) is 13.9. The van der Waals surface area contributed by atoms with Crippen molar-refractivity contribution < 1.29 is 0 Å². The van der Waals surface area contributed by atoms with Gasteiger partial charge in [0.15, 0.2) is 5.82 Å². The molecule has 3 aliphatic rings. The van der Waals surface area contributed by atoms with Gasteiger partial charge in [-0.1, -0.05) is 0 Å². The summed E-state index contributed by atoms with van der Waals surface area (Å²) in [5.41, 5.74) is 6.75. The minimum absolute atomic E-state index is 0.0537. The van der Waals surface area contributed by atoms with Crippen molar-refractivity contribution in [1.29, 1.82) is 0 Å². The van der Waals surface area contributed by atoms with Crippen molar-refractivity contribution >= 4 is 5.82 Å². The van der Waals surface area contributed by atoms with E-state index in [4.69, 9.17) is 5.73 Å². The Labute approximate surface area is 118 Å². The fourth-order valence-corrected chi connectivity index (χ4v) is 4.42. The molecule has 20 heavy (non-hydrogen) atoms. The Hall–Kier alpha value is -1.36. The lowest BCUT2D eigenvalue weighted by molar-refractivity contribution is 0.171. The molecule has 3 unspecified atom stereocenters. The average Bonchev–Trinajstić information content (AvgIpc) is 3.16. The molecule has 1 spiro atoms. The monoisotopic (exact) mass is 273 g/mol. The van der Waals surface area contributed by atoms with E-state index in [9.17, 15) is 4.79 Å². The van der Waals surface area contributed by atoms with Gasteiger partial charge in [-0.3, -0.25) is 4.79 Å². The quantitative estimate of drug-likeness (QED) is 0.811. The first-order chi connectivity index (χ1) is 9.61. The van der Waals surface area contributed by atoms with Crippen LogP contribution in [0.3, 0.4) is 0 Å². The molecule has 5 heteroatoms. The lowest BCUT2D eigenvalue weighted by Crippen LogP contribution is -2.49. The number of anilines is 1. The van der Waals surface area contributed by atoms with Crippen molar-refractivity contribution in [2.24, 2.45) is 30.0 Å². The number of nitrogens with two attached hydrogens (primary N) is 1. The molecule has 107 valence electrons. The van der Waals surface area contributed by atoms with Crippen LogP contribution < -0.4 is 16.2 Å². The summed E-state index contributed by atoms with van der Waals surface area (Å²) in [6, 6.07) is 0.384. The SMILES string of the molecule is Cn1[c]cnc(N2CCC3(CC2)CC2CC2C3N)c1=O. The standard InChI is InChI=1S/C15H21N4O/c1-18-7-4-17-13(14(18)20)19-5-2-15(3-6-19)9-10-8-11(10)12(15)16/h4,10-12H,2-3,5-6,8-9,16H2,1H3. The molecule has 1 aliphatic heterocycles. The van der Waals surface area contributed by atoms with Crippen LogP contribution in [0.4, 0.5) is 5.82 Å². The Balaban J connectivity index is 1.52. The Morgan fingerprint density at radius 3 is 2.85 bits per heavy atom. The van der Waals surface area contributed by atoms with Crippen molar-refractivity contribution in [3.05, 3.63) is 22.7 Å². The number of aromatic nitrogens is 2. The highest BCUT2D eigenvalue weighted by Gasteiger charge is 2.59. The zero-order valence-corrected chi connectivity index (χ0v) is 11.9. The van der Waals surface area contributed by atoms with E-state index >= 15 is 0 Å². The number of hydrogen-bond acceptors (Lipinski definition) is 4. The molecule has 1 aromatic heterocycles. The molecule has 0 amide bonds. The van der Waals surface area contributed by atoms with E-state index in [2.05, 4.69) is 16.1 Å². The van der Waals surface area contributed by atoms with Crippen LogP contribution >= 0.6 is 0 Å². The fourth-order valence-electron chi connectivity index (χ4n) is 4.42. The van der Waals surface area contributed by atoms with Crippen LogP contribution in [0.1, 0.15) is 25.7 Å².